The number of nitrogens with one attached hydrogen (secondary N) is 2. The second-order valence-corrected chi connectivity index (χ2v) is 5.99. The molecule has 0 amide bonds. The van der Waals surface area contributed by atoms with E-state index in [4.69, 9.17) is 0 Å². The van der Waals surface area contributed by atoms with Gasteiger partial charge in [0.2, 0.25) is 0 Å². The fourth-order valence-corrected chi connectivity index (χ4v) is 2.67. The number of halogens is 2. The van der Waals surface area contributed by atoms with E-state index in [2.05, 4.69) is 20.6 Å². The van der Waals surface area contributed by atoms with Crippen LogP contribution >= 0.6 is 11.3 Å². The van der Waals surface area contributed by atoms with Gasteiger partial charge < -0.3 is 10.6 Å². The van der Waals surface area contributed by atoms with Crippen LogP contribution in [0.5, 0.6) is 0 Å². The lowest BCUT2D eigenvalue weighted by Crippen LogP contribution is -2.38. The first kappa shape index (κ1) is 16.4. The maximum absolute atomic E-state index is 13.5. The summed E-state index contributed by atoms with van der Waals surface area (Å²) in [6.07, 6.45) is 2.06. The molecule has 22 heavy (non-hydrogen) atoms. The van der Waals surface area contributed by atoms with E-state index in [1.165, 1.54) is 18.2 Å². The van der Waals surface area contributed by atoms with E-state index < -0.39 is 11.6 Å². The summed E-state index contributed by atoms with van der Waals surface area (Å²) in [5.41, 5.74) is 0.0843. The van der Waals surface area contributed by atoms with Crippen molar-refractivity contribution in [1.29, 1.82) is 0 Å². The third kappa shape index (κ3) is 4.49. The van der Waals surface area contributed by atoms with Crippen LogP contribution in [0.3, 0.4) is 0 Å². The zero-order chi connectivity index (χ0) is 15.9. The van der Waals surface area contributed by atoms with Gasteiger partial charge in [-0.1, -0.05) is 6.07 Å². The summed E-state index contributed by atoms with van der Waals surface area (Å²) in [6.45, 7) is 2.94. The highest BCUT2D eigenvalue weighted by Crippen LogP contribution is 2.12. The third-order valence-corrected chi connectivity index (χ3v) is 3.94. The van der Waals surface area contributed by atoms with Crippen LogP contribution in [0, 0.1) is 18.6 Å². The topological polar surface area (TPSA) is 49.3 Å². The number of hydrogen-bond acceptors (Lipinski definition) is 3. The highest BCUT2D eigenvalue weighted by atomic mass is 32.1. The van der Waals surface area contributed by atoms with E-state index in [0.717, 1.165) is 9.88 Å². The molecule has 1 aromatic heterocycles. The smallest absolute Gasteiger partial charge is 0.191 e. The van der Waals surface area contributed by atoms with Crippen LogP contribution in [0.25, 0.3) is 0 Å². The van der Waals surface area contributed by atoms with Crippen molar-refractivity contribution in [2.75, 3.05) is 13.6 Å². The molecule has 118 valence electrons. The normalized spacial score (nSPS) is 11.5. The Hall–Kier alpha value is -2.02. The molecule has 0 unspecified atom stereocenters. The van der Waals surface area contributed by atoms with Crippen LogP contribution in [0.4, 0.5) is 8.78 Å². The molecule has 0 aliphatic rings. The first-order valence-electron chi connectivity index (χ1n) is 6.89. The number of benzene rings is 1. The lowest BCUT2D eigenvalue weighted by atomic mass is 10.1. The molecule has 0 fully saturated rings. The lowest BCUT2D eigenvalue weighted by Gasteiger charge is -2.11. The van der Waals surface area contributed by atoms with Gasteiger partial charge in [0.25, 0.3) is 0 Å². The van der Waals surface area contributed by atoms with E-state index >= 15 is 0 Å². The third-order valence-electron chi connectivity index (χ3n) is 3.03. The Labute approximate surface area is 132 Å². The van der Waals surface area contributed by atoms with Crippen molar-refractivity contribution >= 4 is 17.3 Å². The minimum absolute atomic E-state index is 0.0843. The summed E-state index contributed by atoms with van der Waals surface area (Å²) >= 11 is 1.61. The number of aromatic nitrogens is 1. The Balaban J connectivity index is 1.81. The van der Waals surface area contributed by atoms with Gasteiger partial charge in [0, 0.05) is 30.2 Å². The highest BCUT2D eigenvalue weighted by molar-refractivity contribution is 7.11. The molecule has 4 nitrogen and oxygen atoms in total. The van der Waals surface area contributed by atoms with E-state index in [-0.39, 0.29) is 12.0 Å². The van der Waals surface area contributed by atoms with Gasteiger partial charge in [-0.25, -0.2) is 13.8 Å². The fourth-order valence-electron chi connectivity index (χ4n) is 1.94. The molecule has 0 aliphatic heterocycles. The molecule has 0 aliphatic carbocycles. The van der Waals surface area contributed by atoms with Gasteiger partial charge in [0.1, 0.15) is 16.6 Å². The second-order valence-electron chi connectivity index (χ2n) is 4.67. The predicted molar refractivity (Wildman–Crippen MR) is 85.1 cm³/mol. The molecule has 0 bridgehead atoms. The average molecular weight is 324 g/mol. The summed E-state index contributed by atoms with van der Waals surface area (Å²) in [5, 5.41) is 7.10. The minimum atomic E-state index is -0.525. The number of aryl methyl sites for hydroxylation is 1. The Bertz CT molecular complexity index is 634. The molecular weight excluding hydrogens is 306 g/mol. The Kier molecular flexibility index (Phi) is 5.83. The van der Waals surface area contributed by atoms with Crippen LogP contribution < -0.4 is 10.6 Å². The van der Waals surface area contributed by atoms with Gasteiger partial charge in [-0.15, -0.1) is 11.3 Å². The van der Waals surface area contributed by atoms with Gasteiger partial charge in [0.05, 0.1) is 6.54 Å². The van der Waals surface area contributed by atoms with Crippen molar-refractivity contribution in [3.05, 3.63) is 51.5 Å². The maximum Gasteiger partial charge on any atom is 0.191 e. The molecule has 2 N–H and O–H groups in total. The molecule has 0 spiro atoms. The monoisotopic (exact) mass is 324 g/mol. The summed E-state index contributed by atoms with van der Waals surface area (Å²) in [5.74, 6) is -0.476. The summed E-state index contributed by atoms with van der Waals surface area (Å²) in [4.78, 5) is 9.46. The molecule has 2 rings (SSSR count). The van der Waals surface area contributed by atoms with Gasteiger partial charge in [0.15, 0.2) is 5.96 Å². The Morgan fingerprint density at radius 2 is 2.00 bits per heavy atom. The number of aliphatic imine (C=N–C) groups is 1. The van der Waals surface area contributed by atoms with E-state index in [9.17, 15) is 8.78 Å². The predicted octanol–water partition coefficient (Wildman–Crippen LogP) is 2.64. The molecule has 0 saturated heterocycles. The summed E-state index contributed by atoms with van der Waals surface area (Å²) in [6, 6.07) is 3.88. The lowest BCUT2D eigenvalue weighted by molar-refractivity contribution is 0.553. The van der Waals surface area contributed by atoms with Gasteiger partial charge in [-0.05, 0) is 25.5 Å². The van der Waals surface area contributed by atoms with Crippen molar-refractivity contribution in [2.24, 2.45) is 4.99 Å². The van der Waals surface area contributed by atoms with Crippen LogP contribution in [-0.4, -0.2) is 24.5 Å². The van der Waals surface area contributed by atoms with Crippen LogP contribution in [0.15, 0.2) is 29.4 Å². The largest absolute Gasteiger partial charge is 0.356 e. The maximum atomic E-state index is 13.5. The second kappa shape index (κ2) is 7.84. The molecule has 0 atom stereocenters. The van der Waals surface area contributed by atoms with Crippen molar-refractivity contribution in [3.8, 4) is 0 Å². The van der Waals surface area contributed by atoms with Crippen molar-refractivity contribution in [1.82, 2.24) is 15.6 Å². The zero-order valence-electron chi connectivity index (χ0n) is 12.5. The first-order valence-corrected chi connectivity index (χ1v) is 7.70. The SMILES string of the molecule is CN=C(NCCc1c(F)cccc1F)NCc1ncc(C)s1. The Morgan fingerprint density at radius 3 is 2.59 bits per heavy atom. The van der Waals surface area contributed by atoms with Crippen molar-refractivity contribution in [2.45, 2.75) is 19.9 Å². The van der Waals surface area contributed by atoms with Crippen LogP contribution in [-0.2, 0) is 13.0 Å². The van der Waals surface area contributed by atoms with Crippen LogP contribution in [0.2, 0.25) is 0 Å². The first-order chi connectivity index (χ1) is 10.6. The molecular formula is C15H18F2N4S. The number of rotatable bonds is 5. The molecule has 0 saturated carbocycles. The number of guanidine groups is 1. The molecule has 1 aromatic carbocycles. The van der Waals surface area contributed by atoms with Gasteiger partial charge >= 0.3 is 0 Å². The zero-order valence-corrected chi connectivity index (χ0v) is 13.3. The van der Waals surface area contributed by atoms with E-state index in [1.807, 2.05) is 13.1 Å². The summed E-state index contributed by atoms with van der Waals surface area (Å²) < 4.78 is 27.0. The number of thiazole rings is 1. The molecule has 7 heteroatoms. The minimum Gasteiger partial charge on any atom is -0.356 e. The van der Waals surface area contributed by atoms with Crippen molar-refractivity contribution < 1.29 is 8.78 Å². The van der Waals surface area contributed by atoms with Gasteiger partial charge in [-0.2, -0.15) is 0 Å². The average Bonchev–Trinajstić information content (AvgIpc) is 2.91. The molecule has 1 heterocycles. The van der Waals surface area contributed by atoms with E-state index in [0.29, 0.717) is 19.0 Å². The van der Waals surface area contributed by atoms with Gasteiger partial charge in [-0.3, -0.25) is 4.99 Å². The molecule has 2 aromatic rings. The quantitative estimate of drug-likeness (QED) is 0.657. The Morgan fingerprint density at radius 1 is 1.27 bits per heavy atom. The number of nitrogens with zero attached hydrogens (tertiary/aromatic N) is 2. The highest BCUT2D eigenvalue weighted by Gasteiger charge is 2.08. The fraction of sp³-hybridized carbons (Fsp3) is 0.333. The van der Waals surface area contributed by atoms with Crippen LogP contribution in [0.1, 0.15) is 15.4 Å². The number of hydrogen-bond donors (Lipinski definition) is 2. The van der Waals surface area contributed by atoms with E-state index in [1.54, 1.807) is 18.4 Å². The summed E-state index contributed by atoms with van der Waals surface area (Å²) in [7, 11) is 1.64. The standard InChI is InChI=1S/C15H18F2N4S/c1-10-8-20-14(22-10)9-21-15(18-2)19-7-6-11-12(16)4-3-5-13(11)17/h3-5,8H,6-7,9H2,1-2H3,(H2,18,19,21). The van der Waals surface area contributed by atoms with Crippen molar-refractivity contribution in [3.63, 3.8) is 0 Å². The molecule has 0 radical (unpaired) electrons.